The van der Waals surface area contributed by atoms with E-state index >= 15 is 0 Å². The van der Waals surface area contributed by atoms with E-state index in [2.05, 4.69) is 20.8 Å². The lowest BCUT2D eigenvalue weighted by Gasteiger charge is -2.10. The Bertz CT molecular complexity index is 862. The number of hydrogen-bond donors (Lipinski definition) is 0. The minimum absolute atomic E-state index is 0.293. The van der Waals surface area contributed by atoms with Crippen molar-refractivity contribution in [2.45, 2.75) is 104 Å². The smallest absolute Gasteiger partial charge is 0.338 e. The maximum Gasteiger partial charge on any atom is 0.338 e. The van der Waals surface area contributed by atoms with Crippen LogP contribution in [0.1, 0.15) is 115 Å². The summed E-state index contributed by atoms with van der Waals surface area (Å²) in [4.78, 5) is 12.3. The summed E-state index contributed by atoms with van der Waals surface area (Å²) in [7, 11) is 0. The van der Waals surface area contributed by atoms with E-state index in [9.17, 15) is 9.18 Å². The van der Waals surface area contributed by atoms with Gasteiger partial charge >= 0.3 is 5.97 Å². The number of hydrogen-bond acceptors (Lipinski definition) is 3. The molecule has 0 radical (unpaired) electrons. The van der Waals surface area contributed by atoms with Crippen LogP contribution in [0.15, 0.2) is 42.5 Å². The Morgan fingerprint density at radius 2 is 1.39 bits per heavy atom. The molecule has 0 saturated heterocycles. The van der Waals surface area contributed by atoms with Crippen LogP contribution < -0.4 is 4.74 Å². The molecule has 0 bridgehead atoms. The van der Waals surface area contributed by atoms with E-state index in [1.807, 2.05) is 18.2 Å². The van der Waals surface area contributed by atoms with Crippen LogP contribution in [0.5, 0.6) is 5.75 Å². The van der Waals surface area contributed by atoms with Crippen molar-refractivity contribution >= 4 is 5.97 Å². The highest BCUT2D eigenvalue weighted by Gasteiger charge is 2.10. The molecule has 1 atom stereocenters. The highest BCUT2D eigenvalue weighted by atomic mass is 19.1. The average molecular weight is 499 g/mol. The Balaban J connectivity index is 1.71. The number of esters is 1. The molecule has 0 fully saturated rings. The number of carbonyl (C=O) groups is 1. The van der Waals surface area contributed by atoms with Gasteiger partial charge in [-0.3, -0.25) is 0 Å². The Morgan fingerprint density at radius 1 is 0.778 bits per heavy atom. The summed E-state index contributed by atoms with van der Waals surface area (Å²) in [5.41, 5.74) is 2.13. The molecule has 36 heavy (non-hydrogen) atoms. The van der Waals surface area contributed by atoms with E-state index in [-0.39, 0.29) is 11.8 Å². The standard InChI is InChI=1S/C32H47FO3/c1-4-6-7-8-9-10-11-14-24-36-32(34)28-19-17-27(18-20-28)29-21-22-31(30(33)25-29)35-23-15-12-13-16-26(3)5-2/h17-22,25-26H,4-16,23-24H2,1-3H3/t26-/m0/s1. The van der Waals surface area contributed by atoms with Gasteiger partial charge in [0.1, 0.15) is 0 Å². The molecule has 0 aliphatic carbocycles. The summed E-state index contributed by atoms with van der Waals surface area (Å²) in [5.74, 6) is 0.404. The van der Waals surface area contributed by atoms with Crippen molar-refractivity contribution < 1.29 is 18.7 Å². The average Bonchev–Trinajstić information content (AvgIpc) is 2.90. The first kappa shape index (κ1) is 29.9. The molecule has 0 aliphatic heterocycles. The fourth-order valence-electron chi connectivity index (χ4n) is 4.24. The summed E-state index contributed by atoms with van der Waals surface area (Å²) in [6, 6.07) is 12.2. The maximum atomic E-state index is 14.6. The summed E-state index contributed by atoms with van der Waals surface area (Å²) in [6.07, 6.45) is 15.4. The lowest BCUT2D eigenvalue weighted by molar-refractivity contribution is 0.0497. The predicted octanol–water partition coefficient (Wildman–Crippen LogP) is 9.78. The van der Waals surface area contributed by atoms with Crippen LogP contribution in [0.2, 0.25) is 0 Å². The molecule has 3 nitrogen and oxygen atoms in total. The Labute approximate surface area is 218 Å². The van der Waals surface area contributed by atoms with Crippen molar-refractivity contribution in [3.8, 4) is 16.9 Å². The first-order valence-electron chi connectivity index (χ1n) is 14.2. The van der Waals surface area contributed by atoms with Gasteiger partial charge in [0.25, 0.3) is 0 Å². The molecule has 2 rings (SSSR count). The second kappa shape index (κ2) is 18.0. The monoisotopic (exact) mass is 498 g/mol. The number of unbranched alkanes of at least 4 members (excludes halogenated alkanes) is 9. The van der Waals surface area contributed by atoms with Crippen molar-refractivity contribution in [3.63, 3.8) is 0 Å². The summed E-state index contributed by atoms with van der Waals surface area (Å²) < 4.78 is 25.7. The van der Waals surface area contributed by atoms with Crippen molar-refractivity contribution in [2.75, 3.05) is 13.2 Å². The van der Waals surface area contributed by atoms with Crippen LogP contribution in [0.25, 0.3) is 11.1 Å². The fraction of sp³-hybridized carbons (Fsp3) is 0.594. The van der Waals surface area contributed by atoms with E-state index in [1.54, 1.807) is 18.2 Å². The summed E-state index contributed by atoms with van der Waals surface area (Å²) in [5, 5.41) is 0. The van der Waals surface area contributed by atoms with Crippen LogP contribution in [0.3, 0.4) is 0 Å². The number of benzene rings is 2. The normalized spacial score (nSPS) is 11.9. The molecule has 0 aliphatic rings. The van der Waals surface area contributed by atoms with Gasteiger partial charge in [0.05, 0.1) is 18.8 Å². The molecule has 2 aromatic carbocycles. The van der Waals surface area contributed by atoms with Crippen molar-refractivity contribution in [1.29, 1.82) is 0 Å². The molecular weight excluding hydrogens is 451 g/mol. The van der Waals surface area contributed by atoms with Crippen LogP contribution >= 0.6 is 0 Å². The molecule has 0 unspecified atom stereocenters. The van der Waals surface area contributed by atoms with Crippen LogP contribution in [-0.4, -0.2) is 19.2 Å². The third kappa shape index (κ3) is 11.6. The van der Waals surface area contributed by atoms with Gasteiger partial charge in [0.2, 0.25) is 0 Å². The van der Waals surface area contributed by atoms with E-state index in [1.165, 1.54) is 63.9 Å². The zero-order chi connectivity index (χ0) is 26.0. The van der Waals surface area contributed by atoms with Crippen molar-refractivity contribution in [3.05, 3.63) is 53.8 Å². The van der Waals surface area contributed by atoms with Gasteiger partial charge in [-0.15, -0.1) is 0 Å². The van der Waals surface area contributed by atoms with Gasteiger partial charge in [-0.1, -0.05) is 110 Å². The van der Waals surface area contributed by atoms with Crippen LogP contribution in [0, 0.1) is 11.7 Å². The SMILES string of the molecule is CCCCCCCCCCOC(=O)c1ccc(-c2ccc(OCCCCC[C@@H](C)CC)c(F)c2)cc1. The molecular formula is C32H47FO3. The van der Waals surface area contributed by atoms with Gasteiger partial charge in [0, 0.05) is 0 Å². The minimum Gasteiger partial charge on any atom is -0.491 e. The first-order chi connectivity index (χ1) is 17.5. The van der Waals surface area contributed by atoms with Crippen molar-refractivity contribution in [1.82, 2.24) is 0 Å². The highest BCUT2D eigenvalue weighted by Crippen LogP contribution is 2.26. The van der Waals surface area contributed by atoms with Gasteiger partial charge < -0.3 is 9.47 Å². The predicted molar refractivity (Wildman–Crippen MR) is 148 cm³/mol. The zero-order valence-corrected chi connectivity index (χ0v) is 22.8. The minimum atomic E-state index is -0.360. The van der Waals surface area contributed by atoms with E-state index in [0.717, 1.165) is 42.7 Å². The number of rotatable bonds is 19. The van der Waals surface area contributed by atoms with E-state index < -0.39 is 0 Å². The van der Waals surface area contributed by atoms with Gasteiger partial charge in [0.15, 0.2) is 11.6 Å². The molecule has 4 heteroatoms. The fourth-order valence-corrected chi connectivity index (χ4v) is 4.24. The van der Waals surface area contributed by atoms with E-state index in [4.69, 9.17) is 9.47 Å². The van der Waals surface area contributed by atoms with Gasteiger partial charge in [-0.25, -0.2) is 9.18 Å². The third-order valence-electron chi connectivity index (χ3n) is 6.91. The summed E-state index contributed by atoms with van der Waals surface area (Å²) in [6.45, 7) is 7.73. The lowest BCUT2D eigenvalue weighted by atomic mass is 10.0. The van der Waals surface area contributed by atoms with Gasteiger partial charge in [-0.05, 0) is 54.2 Å². The number of ether oxygens (including phenoxy) is 2. The molecule has 200 valence electrons. The zero-order valence-electron chi connectivity index (χ0n) is 22.8. The third-order valence-corrected chi connectivity index (χ3v) is 6.91. The maximum absolute atomic E-state index is 14.6. The van der Waals surface area contributed by atoms with Crippen LogP contribution in [-0.2, 0) is 4.74 Å². The topological polar surface area (TPSA) is 35.5 Å². The number of halogens is 1. The molecule has 0 N–H and O–H groups in total. The molecule has 0 heterocycles. The molecule has 0 amide bonds. The lowest BCUT2D eigenvalue weighted by Crippen LogP contribution is -2.06. The Hall–Kier alpha value is -2.36. The van der Waals surface area contributed by atoms with Crippen LogP contribution in [0.4, 0.5) is 4.39 Å². The first-order valence-corrected chi connectivity index (χ1v) is 14.2. The largest absolute Gasteiger partial charge is 0.491 e. The molecule has 2 aromatic rings. The van der Waals surface area contributed by atoms with Gasteiger partial charge in [-0.2, -0.15) is 0 Å². The molecule has 0 spiro atoms. The number of carbonyl (C=O) groups excluding carboxylic acids is 1. The second-order valence-electron chi connectivity index (χ2n) is 10.0. The quantitative estimate of drug-likeness (QED) is 0.143. The van der Waals surface area contributed by atoms with Crippen molar-refractivity contribution in [2.24, 2.45) is 5.92 Å². The Kier molecular flexibility index (Phi) is 14.9. The Morgan fingerprint density at radius 3 is 2.06 bits per heavy atom. The highest BCUT2D eigenvalue weighted by molar-refractivity contribution is 5.90. The molecule has 0 saturated carbocycles. The molecule has 0 aromatic heterocycles. The van der Waals surface area contributed by atoms with E-state index in [0.29, 0.717) is 24.5 Å². The second-order valence-corrected chi connectivity index (χ2v) is 10.0. The summed E-state index contributed by atoms with van der Waals surface area (Å²) >= 11 is 0.